The zero-order valence-electron chi connectivity index (χ0n) is 8.96. The second kappa shape index (κ2) is 5.12. The Balaban J connectivity index is 1.79. The molecule has 0 radical (unpaired) electrons. The maximum absolute atomic E-state index is 12.7. The van der Waals surface area contributed by atoms with Crippen LogP contribution in [-0.2, 0) is 4.74 Å². The summed E-state index contributed by atoms with van der Waals surface area (Å²) in [6, 6.07) is 1.19. The number of carbonyl (C=O) groups is 1. The molecule has 1 amide bonds. The Hall–Kier alpha value is -1.36. The van der Waals surface area contributed by atoms with Gasteiger partial charge in [0.15, 0.2) is 0 Å². The van der Waals surface area contributed by atoms with Crippen LogP contribution >= 0.6 is 0 Å². The van der Waals surface area contributed by atoms with Gasteiger partial charge in [0.05, 0.1) is 6.61 Å². The highest BCUT2D eigenvalue weighted by molar-refractivity contribution is 5.92. The monoisotopic (exact) mass is 226 g/mol. The number of hydrogen-bond acceptors (Lipinski definition) is 2. The van der Waals surface area contributed by atoms with Gasteiger partial charge in [0.2, 0.25) is 0 Å². The second-order valence-corrected chi connectivity index (χ2v) is 4.02. The van der Waals surface area contributed by atoms with Gasteiger partial charge in [-0.05, 0) is 18.8 Å². The normalized spacial score (nSPS) is 20.7. The highest BCUT2D eigenvalue weighted by atomic mass is 19.1. The summed E-state index contributed by atoms with van der Waals surface area (Å²) in [5, 5.41) is 2.77. The first-order valence-corrected chi connectivity index (χ1v) is 5.45. The predicted octanol–water partition coefficient (Wildman–Crippen LogP) is 1.31. The third-order valence-electron chi connectivity index (χ3n) is 2.70. The maximum Gasteiger partial charge on any atom is 0.267 e. The molecule has 2 heterocycles. The number of carbonyl (C=O) groups excluding carboxylic acids is 1. The zero-order valence-corrected chi connectivity index (χ0v) is 8.96. The van der Waals surface area contributed by atoms with Gasteiger partial charge in [-0.3, -0.25) is 4.79 Å². The average molecular weight is 226 g/mol. The Labute approximate surface area is 93.2 Å². The van der Waals surface area contributed by atoms with Gasteiger partial charge in [-0.25, -0.2) is 4.39 Å². The molecule has 1 aromatic heterocycles. The zero-order chi connectivity index (χ0) is 11.4. The van der Waals surface area contributed by atoms with Crippen molar-refractivity contribution in [2.75, 3.05) is 19.8 Å². The lowest BCUT2D eigenvalue weighted by Gasteiger charge is -2.21. The molecular weight excluding hydrogens is 211 g/mol. The molecule has 1 saturated heterocycles. The first-order valence-electron chi connectivity index (χ1n) is 5.45. The Kier molecular flexibility index (Phi) is 3.56. The van der Waals surface area contributed by atoms with Gasteiger partial charge in [-0.2, -0.15) is 0 Å². The molecule has 5 heteroatoms. The number of H-pyrrole nitrogens is 1. The molecular formula is C11H15FN2O2. The molecule has 0 aromatic carbocycles. The number of amides is 1. The summed E-state index contributed by atoms with van der Waals surface area (Å²) < 4.78 is 18.0. The van der Waals surface area contributed by atoms with Crippen molar-refractivity contribution in [3.05, 3.63) is 23.8 Å². The van der Waals surface area contributed by atoms with Crippen molar-refractivity contribution in [3.63, 3.8) is 0 Å². The van der Waals surface area contributed by atoms with Gasteiger partial charge in [0.1, 0.15) is 11.5 Å². The molecule has 1 aromatic rings. The number of aromatic nitrogens is 1. The minimum Gasteiger partial charge on any atom is -0.381 e. The van der Waals surface area contributed by atoms with E-state index < -0.39 is 5.82 Å². The van der Waals surface area contributed by atoms with Gasteiger partial charge >= 0.3 is 0 Å². The van der Waals surface area contributed by atoms with Crippen LogP contribution < -0.4 is 5.32 Å². The lowest BCUT2D eigenvalue weighted by molar-refractivity contribution is 0.0536. The molecule has 1 unspecified atom stereocenters. The molecule has 4 nitrogen and oxygen atoms in total. The molecule has 1 aliphatic heterocycles. The topological polar surface area (TPSA) is 54.1 Å². The van der Waals surface area contributed by atoms with Crippen LogP contribution in [0.5, 0.6) is 0 Å². The SMILES string of the molecule is O=C(NCC1CCCOC1)c1cc(F)c[nH]1. The number of halogens is 1. The van der Waals surface area contributed by atoms with E-state index in [2.05, 4.69) is 10.3 Å². The van der Waals surface area contributed by atoms with Crippen molar-refractivity contribution in [1.82, 2.24) is 10.3 Å². The first kappa shape index (κ1) is 11.1. The van der Waals surface area contributed by atoms with E-state index >= 15 is 0 Å². The summed E-state index contributed by atoms with van der Waals surface area (Å²) in [5.41, 5.74) is 0.259. The highest BCUT2D eigenvalue weighted by Gasteiger charge is 2.15. The van der Waals surface area contributed by atoms with E-state index in [-0.39, 0.29) is 11.6 Å². The van der Waals surface area contributed by atoms with Crippen molar-refractivity contribution >= 4 is 5.91 Å². The molecule has 1 atom stereocenters. The van der Waals surface area contributed by atoms with E-state index in [0.717, 1.165) is 19.4 Å². The average Bonchev–Trinajstić information content (AvgIpc) is 2.74. The molecule has 0 saturated carbocycles. The Morgan fingerprint density at radius 3 is 3.19 bits per heavy atom. The van der Waals surface area contributed by atoms with Gasteiger partial charge in [-0.15, -0.1) is 0 Å². The molecule has 1 fully saturated rings. The lowest BCUT2D eigenvalue weighted by atomic mass is 10.0. The fourth-order valence-electron chi connectivity index (χ4n) is 1.80. The Morgan fingerprint density at radius 2 is 2.56 bits per heavy atom. The number of rotatable bonds is 3. The van der Waals surface area contributed by atoms with Gasteiger partial charge in [-0.1, -0.05) is 0 Å². The Bertz CT molecular complexity index is 359. The molecule has 0 aliphatic carbocycles. The minimum absolute atomic E-state index is 0.259. The van der Waals surface area contributed by atoms with Crippen LogP contribution in [0.25, 0.3) is 0 Å². The number of hydrogen-bond donors (Lipinski definition) is 2. The van der Waals surface area contributed by atoms with E-state index in [9.17, 15) is 9.18 Å². The summed E-state index contributed by atoms with van der Waals surface area (Å²) in [7, 11) is 0. The van der Waals surface area contributed by atoms with Crippen molar-refractivity contribution in [2.45, 2.75) is 12.8 Å². The van der Waals surface area contributed by atoms with Crippen LogP contribution in [0.15, 0.2) is 12.3 Å². The van der Waals surface area contributed by atoms with Crippen molar-refractivity contribution in [1.29, 1.82) is 0 Å². The first-order chi connectivity index (χ1) is 7.75. The smallest absolute Gasteiger partial charge is 0.267 e. The predicted molar refractivity (Wildman–Crippen MR) is 56.6 cm³/mol. The molecule has 2 N–H and O–H groups in total. The van der Waals surface area contributed by atoms with E-state index in [4.69, 9.17) is 4.74 Å². The third-order valence-corrected chi connectivity index (χ3v) is 2.70. The summed E-state index contributed by atoms with van der Waals surface area (Å²) in [6.45, 7) is 2.09. The van der Waals surface area contributed by atoms with E-state index in [0.29, 0.717) is 19.1 Å². The standard InChI is InChI=1S/C11H15FN2O2/c12-9-4-10(13-6-9)11(15)14-5-8-2-1-3-16-7-8/h4,6,8,13H,1-3,5,7H2,(H,14,15). The summed E-state index contributed by atoms with van der Waals surface area (Å²) in [6.07, 6.45) is 3.27. The van der Waals surface area contributed by atoms with Crippen molar-refractivity contribution in [2.24, 2.45) is 5.92 Å². The van der Waals surface area contributed by atoms with Crippen LogP contribution in [0.3, 0.4) is 0 Å². The summed E-state index contributed by atoms with van der Waals surface area (Å²) >= 11 is 0. The van der Waals surface area contributed by atoms with E-state index in [1.54, 1.807) is 0 Å². The van der Waals surface area contributed by atoms with Crippen LogP contribution in [0, 0.1) is 11.7 Å². The van der Waals surface area contributed by atoms with E-state index in [1.165, 1.54) is 12.3 Å². The lowest BCUT2D eigenvalue weighted by Crippen LogP contribution is -2.33. The summed E-state index contributed by atoms with van der Waals surface area (Å²) in [4.78, 5) is 14.1. The van der Waals surface area contributed by atoms with Crippen LogP contribution in [-0.4, -0.2) is 30.6 Å². The number of aromatic amines is 1. The Morgan fingerprint density at radius 1 is 1.69 bits per heavy atom. The van der Waals surface area contributed by atoms with Crippen molar-refractivity contribution in [3.8, 4) is 0 Å². The molecule has 88 valence electrons. The number of ether oxygens (including phenoxy) is 1. The molecule has 0 bridgehead atoms. The van der Waals surface area contributed by atoms with Crippen LogP contribution in [0.1, 0.15) is 23.3 Å². The molecule has 0 spiro atoms. The molecule has 16 heavy (non-hydrogen) atoms. The van der Waals surface area contributed by atoms with Gasteiger partial charge in [0.25, 0.3) is 5.91 Å². The second-order valence-electron chi connectivity index (χ2n) is 4.02. The maximum atomic E-state index is 12.7. The minimum atomic E-state index is -0.425. The highest BCUT2D eigenvalue weighted by Crippen LogP contribution is 2.12. The number of nitrogens with one attached hydrogen (secondary N) is 2. The van der Waals surface area contributed by atoms with Crippen molar-refractivity contribution < 1.29 is 13.9 Å². The quantitative estimate of drug-likeness (QED) is 0.816. The summed E-state index contributed by atoms with van der Waals surface area (Å²) in [5.74, 6) is -0.321. The van der Waals surface area contributed by atoms with Crippen LogP contribution in [0.2, 0.25) is 0 Å². The molecule has 2 rings (SSSR count). The van der Waals surface area contributed by atoms with Gasteiger partial charge < -0.3 is 15.0 Å². The fraction of sp³-hybridized carbons (Fsp3) is 0.545. The third kappa shape index (κ3) is 2.82. The fourth-order valence-corrected chi connectivity index (χ4v) is 1.80. The van der Waals surface area contributed by atoms with Gasteiger partial charge in [0, 0.05) is 25.4 Å². The largest absolute Gasteiger partial charge is 0.381 e. The molecule has 1 aliphatic rings. The van der Waals surface area contributed by atoms with Crippen LogP contribution in [0.4, 0.5) is 4.39 Å². The van der Waals surface area contributed by atoms with E-state index in [1.807, 2.05) is 0 Å².